The molecule has 6 nitrogen and oxygen atoms in total. The highest BCUT2D eigenvalue weighted by atomic mass is 19.4. The van der Waals surface area contributed by atoms with E-state index in [1.54, 1.807) is 19.0 Å². The minimum atomic E-state index is -4.61. The van der Waals surface area contributed by atoms with Crippen LogP contribution in [0, 0.1) is 0 Å². The van der Waals surface area contributed by atoms with Crippen molar-refractivity contribution in [3.8, 4) is 5.69 Å². The maximum atomic E-state index is 12.7. The first-order chi connectivity index (χ1) is 11.2. The Morgan fingerprint density at radius 3 is 2.62 bits per heavy atom. The Balaban J connectivity index is 2.45. The molecule has 0 saturated heterocycles. The van der Waals surface area contributed by atoms with Gasteiger partial charge in [0.15, 0.2) is 5.69 Å². The number of hydrogen-bond acceptors (Lipinski definition) is 5. The molecule has 0 radical (unpaired) electrons. The van der Waals surface area contributed by atoms with Crippen molar-refractivity contribution >= 4 is 5.78 Å². The lowest BCUT2D eigenvalue weighted by Gasteiger charge is -2.09. The molecule has 2 heterocycles. The van der Waals surface area contributed by atoms with Crippen LogP contribution in [-0.4, -0.2) is 39.5 Å². The number of alkyl halides is 3. The second-order valence-corrected chi connectivity index (χ2v) is 5.01. The lowest BCUT2D eigenvalue weighted by molar-refractivity contribution is -0.141. The maximum absolute atomic E-state index is 12.7. The predicted octanol–water partition coefficient (Wildman–Crippen LogP) is 1.90. The van der Waals surface area contributed by atoms with E-state index >= 15 is 0 Å². The third kappa shape index (κ3) is 4.06. The summed E-state index contributed by atoms with van der Waals surface area (Å²) in [6.07, 6.45) is 0.147. The summed E-state index contributed by atoms with van der Waals surface area (Å²) in [6, 6.07) is 3.13. The van der Waals surface area contributed by atoms with Gasteiger partial charge < -0.3 is 4.90 Å². The molecule has 0 bridgehead atoms. The first kappa shape index (κ1) is 17.4. The quantitative estimate of drug-likeness (QED) is 0.629. The van der Waals surface area contributed by atoms with Crippen molar-refractivity contribution in [1.82, 2.24) is 19.7 Å². The van der Waals surface area contributed by atoms with E-state index in [2.05, 4.69) is 10.1 Å². The zero-order valence-corrected chi connectivity index (χ0v) is 12.8. The molecule has 24 heavy (non-hydrogen) atoms. The van der Waals surface area contributed by atoms with Crippen LogP contribution < -0.4 is 5.43 Å². The summed E-state index contributed by atoms with van der Waals surface area (Å²) >= 11 is 0. The number of allylic oxidation sites excluding steroid dienone is 1. The van der Waals surface area contributed by atoms with Gasteiger partial charge in [0.2, 0.25) is 11.2 Å². The molecular formula is C15H13F3N4O2. The molecule has 0 amide bonds. The summed E-state index contributed by atoms with van der Waals surface area (Å²) in [4.78, 5) is 28.6. The molecule has 0 aliphatic carbocycles. The predicted molar refractivity (Wildman–Crippen MR) is 79.8 cm³/mol. The van der Waals surface area contributed by atoms with E-state index in [0.717, 1.165) is 29.1 Å². The van der Waals surface area contributed by atoms with Gasteiger partial charge in [0, 0.05) is 44.8 Å². The average Bonchev–Trinajstić information content (AvgIpc) is 2.52. The summed E-state index contributed by atoms with van der Waals surface area (Å²) in [5, 5.41) is 3.83. The molecule has 126 valence electrons. The van der Waals surface area contributed by atoms with Crippen LogP contribution in [0.25, 0.3) is 5.69 Å². The Bertz CT molecular complexity index is 841. The molecule has 0 fully saturated rings. The molecule has 9 heteroatoms. The van der Waals surface area contributed by atoms with Crippen LogP contribution >= 0.6 is 0 Å². The second kappa shape index (κ2) is 6.65. The number of hydrogen-bond donors (Lipinski definition) is 0. The highest BCUT2D eigenvalue weighted by Crippen LogP contribution is 2.28. The highest BCUT2D eigenvalue weighted by Gasteiger charge is 2.32. The zero-order valence-electron chi connectivity index (χ0n) is 12.8. The minimum Gasteiger partial charge on any atom is -0.383 e. The smallest absolute Gasteiger partial charge is 0.383 e. The molecular weight excluding hydrogens is 325 g/mol. The standard InChI is InChI=1S/C15H13F3N4O2/c1-21(2)7-4-11(23)14-12(24)5-8-22(20-14)10-3-6-19-13(9-10)15(16,17)18/h3-9H,1-2H3. The van der Waals surface area contributed by atoms with E-state index < -0.39 is 23.1 Å². The van der Waals surface area contributed by atoms with Crippen molar-refractivity contribution in [1.29, 1.82) is 0 Å². The van der Waals surface area contributed by atoms with E-state index in [0.29, 0.717) is 0 Å². The van der Waals surface area contributed by atoms with Gasteiger partial charge in [0.05, 0.1) is 5.69 Å². The summed E-state index contributed by atoms with van der Waals surface area (Å²) in [5.74, 6) is -0.645. The number of pyridine rings is 1. The molecule has 0 unspecified atom stereocenters. The molecule has 2 aromatic heterocycles. The van der Waals surface area contributed by atoms with Crippen LogP contribution in [0.15, 0.2) is 47.7 Å². The Kier molecular flexibility index (Phi) is 4.82. The van der Waals surface area contributed by atoms with E-state index in [1.165, 1.54) is 18.5 Å². The normalized spacial score (nSPS) is 11.7. The van der Waals surface area contributed by atoms with Gasteiger partial charge in [-0.25, -0.2) is 4.68 Å². The van der Waals surface area contributed by atoms with Gasteiger partial charge in [0.1, 0.15) is 5.69 Å². The van der Waals surface area contributed by atoms with E-state index in [4.69, 9.17) is 0 Å². The summed E-state index contributed by atoms with van der Waals surface area (Å²) < 4.78 is 39.2. The van der Waals surface area contributed by atoms with Crippen molar-refractivity contribution in [3.63, 3.8) is 0 Å². The van der Waals surface area contributed by atoms with Crippen LogP contribution in [0.4, 0.5) is 13.2 Å². The SMILES string of the molecule is CN(C)C=CC(=O)c1nn(-c2ccnc(C(F)(F)F)c2)ccc1=O. The van der Waals surface area contributed by atoms with E-state index in [-0.39, 0.29) is 11.4 Å². The van der Waals surface area contributed by atoms with E-state index in [9.17, 15) is 22.8 Å². The van der Waals surface area contributed by atoms with Gasteiger partial charge in [-0.15, -0.1) is 0 Å². The Labute approximate surface area is 134 Å². The molecule has 0 spiro atoms. The first-order valence-corrected chi connectivity index (χ1v) is 6.71. The van der Waals surface area contributed by atoms with Crippen LogP contribution in [-0.2, 0) is 6.18 Å². The number of carbonyl (C=O) groups is 1. The lowest BCUT2D eigenvalue weighted by atomic mass is 10.2. The summed E-state index contributed by atoms with van der Waals surface area (Å²) in [7, 11) is 3.38. The Morgan fingerprint density at radius 1 is 1.29 bits per heavy atom. The van der Waals surface area contributed by atoms with Gasteiger partial charge in [-0.2, -0.15) is 18.3 Å². The van der Waals surface area contributed by atoms with Crippen LogP contribution in [0.5, 0.6) is 0 Å². The fraction of sp³-hybridized carbons (Fsp3) is 0.200. The zero-order chi connectivity index (χ0) is 17.9. The van der Waals surface area contributed by atoms with Gasteiger partial charge >= 0.3 is 6.18 Å². The van der Waals surface area contributed by atoms with Crippen molar-refractivity contribution in [2.24, 2.45) is 0 Å². The number of aromatic nitrogens is 3. The molecule has 2 rings (SSSR count). The lowest BCUT2D eigenvalue weighted by Crippen LogP contribution is -2.20. The Hall–Kier alpha value is -2.97. The molecule has 0 saturated carbocycles. The van der Waals surface area contributed by atoms with E-state index in [1.807, 2.05) is 0 Å². The number of halogens is 3. The molecule has 0 aliphatic rings. The van der Waals surface area contributed by atoms with Crippen LogP contribution in [0.3, 0.4) is 0 Å². The van der Waals surface area contributed by atoms with Gasteiger partial charge in [-0.1, -0.05) is 0 Å². The molecule has 2 aromatic rings. The van der Waals surface area contributed by atoms with Crippen LogP contribution in [0.1, 0.15) is 16.2 Å². The molecule has 0 atom stereocenters. The fourth-order valence-electron chi connectivity index (χ4n) is 1.73. The number of rotatable bonds is 4. The van der Waals surface area contributed by atoms with Gasteiger partial charge in [-0.3, -0.25) is 14.6 Å². The molecule has 0 N–H and O–H groups in total. The van der Waals surface area contributed by atoms with Gasteiger partial charge in [-0.05, 0) is 12.1 Å². The van der Waals surface area contributed by atoms with Crippen molar-refractivity contribution in [2.45, 2.75) is 6.18 Å². The van der Waals surface area contributed by atoms with Crippen LogP contribution in [0.2, 0.25) is 0 Å². The molecule has 0 aromatic carbocycles. The highest BCUT2D eigenvalue weighted by molar-refractivity contribution is 6.02. The second-order valence-electron chi connectivity index (χ2n) is 5.01. The average molecular weight is 338 g/mol. The summed E-state index contributed by atoms with van der Waals surface area (Å²) in [6.45, 7) is 0. The third-order valence-corrected chi connectivity index (χ3v) is 2.86. The maximum Gasteiger partial charge on any atom is 0.433 e. The van der Waals surface area contributed by atoms with Crippen molar-refractivity contribution in [3.05, 3.63) is 64.5 Å². The minimum absolute atomic E-state index is 0.0305. The first-order valence-electron chi connectivity index (χ1n) is 6.71. The molecule has 0 aliphatic heterocycles. The number of nitrogens with zero attached hydrogens (tertiary/aromatic N) is 4. The van der Waals surface area contributed by atoms with Crippen molar-refractivity contribution < 1.29 is 18.0 Å². The largest absolute Gasteiger partial charge is 0.433 e. The number of ketones is 1. The van der Waals surface area contributed by atoms with Gasteiger partial charge in [0.25, 0.3) is 0 Å². The summed E-state index contributed by atoms with van der Waals surface area (Å²) in [5.41, 5.74) is -2.07. The third-order valence-electron chi connectivity index (χ3n) is 2.86. The Morgan fingerprint density at radius 2 is 2.00 bits per heavy atom. The topological polar surface area (TPSA) is 68.1 Å². The monoisotopic (exact) mass is 338 g/mol. The van der Waals surface area contributed by atoms with Crippen molar-refractivity contribution in [2.75, 3.05) is 14.1 Å². The number of carbonyl (C=O) groups excluding carboxylic acids is 1. The fourth-order valence-corrected chi connectivity index (χ4v) is 1.73.